The number of hydrogen-bond donors (Lipinski definition) is 2. The van der Waals surface area contributed by atoms with Gasteiger partial charge in [-0.2, -0.15) is 0 Å². The monoisotopic (exact) mass is 218 g/mol. The Hall–Kier alpha value is -0.860. The van der Waals surface area contributed by atoms with E-state index in [2.05, 4.69) is 36.5 Å². The van der Waals surface area contributed by atoms with Gasteiger partial charge in [0, 0.05) is 6.54 Å². The molecule has 2 rings (SSSR count). The highest BCUT2D eigenvalue weighted by Gasteiger charge is 2.16. The van der Waals surface area contributed by atoms with Gasteiger partial charge in [0.25, 0.3) is 0 Å². The van der Waals surface area contributed by atoms with Crippen LogP contribution in [0.15, 0.2) is 24.3 Å². The minimum atomic E-state index is 0.581. The molecule has 2 atom stereocenters. The highest BCUT2D eigenvalue weighted by molar-refractivity contribution is 5.27. The molecule has 1 aromatic carbocycles. The number of nitrogens with two attached hydrogens (primary N) is 1. The fraction of sp³-hybridized carbons (Fsp3) is 0.571. The minimum absolute atomic E-state index is 0.581. The lowest BCUT2D eigenvalue weighted by molar-refractivity contribution is 0.592. The van der Waals surface area contributed by atoms with Crippen LogP contribution in [-0.2, 0) is 6.42 Å². The summed E-state index contributed by atoms with van der Waals surface area (Å²) in [6.45, 7) is 5.28. The SMILES string of the molecule is CC(CN)Cc1cccc(C2CCNC2)c1. The first-order chi connectivity index (χ1) is 7.79. The number of nitrogens with one attached hydrogen (secondary N) is 1. The maximum absolute atomic E-state index is 5.67. The Morgan fingerprint density at radius 3 is 3.06 bits per heavy atom. The van der Waals surface area contributed by atoms with Gasteiger partial charge in [-0.05, 0) is 48.9 Å². The Kier molecular flexibility index (Phi) is 3.97. The van der Waals surface area contributed by atoms with Gasteiger partial charge >= 0.3 is 0 Å². The van der Waals surface area contributed by atoms with Crippen LogP contribution in [0.1, 0.15) is 30.4 Å². The molecule has 1 heterocycles. The summed E-state index contributed by atoms with van der Waals surface area (Å²) in [5, 5.41) is 3.42. The second kappa shape index (κ2) is 5.46. The molecule has 1 fully saturated rings. The van der Waals surface area contributed by atoms with Crippen molar-refractivity contribution in [2.45, 2.75) is 25.7 Å². The van der Waals surface area contributed by atoms with E-state index in [1.54, 1.807) is 0 Å². The van der Waals surface area contributed by atoms with Crippen LogP contribution < -0.4 is 11.1 Å². The Morgan fingerprint density at radius 1 is 1.50 bits per heavy atom. The molecule has 1 saturated heterocycles. The average Bonchev–Trinajstić information content (AvgIpc) is 2.83. The van der Waals surface area contributed by atoms with Gasteiger partial charge < -0.3 is 11.1 Å². The van der Waals surface area contributed by atoms with Gasteiger partial charge in [-0.25, -0.2) is 0 Å². The molecule has 88 valence electrons. The van der Waals surface area contributed by atoms with E-state index in [1.807, 2.05) is 0 Å². The van der Waals surface area contributed by atoms with Crippen molar-refractivity contribution in [2.24, 2.45) is 11.7 Å². The molecule has 0 bridgehead atoms. The van der Waals surface area contributed by atoms with E-state index in [0.717, 1.165) is 26.1 Å². The molecule has 0 radical (unpaired) electrons. The molecule has 2 nitrogen and oxygen atoms in total. The predicted molar refractivity (Wildman–Crippen MR) is 68.6 cm³/mol. The standard InChI is InChI=1S/C14H22N2/c1-11(9-15)7-12-3-2-4-13(8-12)14-5-6-16-10-14/h2-4,8,11,14,16H,5-7,9-10,15H2,1H3. The van der Waals surface area contributed by atoms with Crippen LogP contribution in [0.5, 0.6) is 0 Å². The van der Waals surface area contributed by atoms with E-state index in [4.69, 9.17) is 5.73 Å². The lowest BCUT2D eigenvalue weighted by Gasteiger charge is -2.13. The van der Waals surface area contributed by atoms with Crippen molar-refractivity contribution in [2.75, 3.05) is 19.6 Å². The van der Waals surface area contributed by atoms with Crippen molar-refractivity contribution in [3.63, 3.8) is 0 Å². The predicted octanol–water partition coefficient (Wildman–Crippen LogP) is 1.90. The summed E-state index contributed by atoms with van der Waals surface area (Å²) in [7, 11) is 0. The molecule has 16 heavy (non-hydrogen) atoms. The summed E-state index contributed by atoms with van der Waals surface area (Å²) in [4.78, 5) is 0. The highest BCUT2D eigenvalue weighted by atomic mass is 14.9. The number of benzene rings is 1. The van der Waals surface area contributed by atoms with Crippen LogP contribution in [0.25, 0.3) is 0 Å². The zero-order valence-electron chi connectivity index (χ0n) is 10.1. The second-order valence-corrected chi connectivity index (χ2v) is 4.98. The van der Waals surface area contributed by atoms with Crippen molar-refractivity contribution in [3.05, 3.63) is 35.4 Å². The molecule has 2 heteroatoms. The molecule has 2 unspecified atom stereocenters. The summed E-state index contributed by atoms with van der Waals surface area (Å²) in [5.41, 5.74) is 8.60. The van der Waals surface area contributed by atoms with Gasteiger partial charge in [-0.15, -0.1) is 0 Å². The Morgan fingerprint density at radius 2 is 2.38 bits per heavy atom. The molecule has 0 amide bonds. The van der Waals surface area contributed by atoms with Crippen molar-refractivity contribution < 1.29 is 0 Å². The molecule has 1 aliphatic rings. The lowest BCUT2D eigenvalue weighted by atomic mass is 9.93. The molecular formula is C14H22N2. The van der Waals surface area contributed by atoms with E-state index >= 15 is 0 Å². The van der Waals surface area contributed by atoms with Crippen LogP contribution in [0.3, 0.4) is 0 Å². The van der Waals surface area contributed by atoms with Crippen molar-refractivity contribution in [3.8, 4) is 0 Å². The van der Waals surface area contributed by atoms with Gasteiger partial charge in [0.05, 0.1) is 0 Å². The number of rotatable bonds is 4. The maximum Gasteiger partial charge on any atom is 0.00206 e. The van der Waals surface area contributed by atoms with Crippen LogP contribution in [0, 0.1) is 5.92 Å². The van der Waals surface area contributed by atoms with E-state index in [1.165, 1.54) is 17.5 Å². The molecular weight excluding hydrogens is 196 g/mol. The summed E-state index contributed by atoms with van der Waals surface area (Å²) >= 11 is 0. The third-order valence-corrected chi connectivity index (χ3v) is 3.47. The normalized spacial score (nSPS) is 22.2. The van der Waals surface area contributed by atoms with Crippen LogP contribution in [0.4, 0.5) is 0 Å². The minimum Gasteiger partial charge on any atom is -0.330 e. The van der Waals surface area contributed by atoms with Crippen LogP contribution in [-0.4, -0.2) is 19.6 Å². The molecule has 0 spiro atoms. The average molecular weight is 218 g/mol. The third-order valence-electron chi connectivity index (χ3n) is 3.47. The van der Waals surface area contributed by atoms with E-state index in [9.17, 15) is 0 Å². The fourth-order valence-corrected chi connectivity index (χ4v) is 2.40. The van der Waals surface area contributed by atoms with Crippen LogP contribution in [0.2, 0.25) is 0 Å². The zero-order valence-corrected chi connectivity index (χ0v) is 10.1. The van der Waals surface area contributed by atoms with Gasteiger partial charge in [0.2, 0.25) is 0 Å². The quantitative estimate of drug-likeness (QED) is 0.810. The molecule has 0 aliphatic carbocycles. The summed E-state index contributed by atoms with van der Waals surface area (Å²) in [6, 6.07) is 9.03. The maximum atomic E-state index is 5.67. The van der Waals surface area contributed by atoms with Crippen LogP contribution >= 0.6 is 0 Å². The third kappa shape index (κ3) is 2.83. The Bertz CT molecular complexity index is 329. The molecule has 0 aromatic heterocycles. The first-order valence-electron chi connectivity index (χ1n) is 6.29. The van der Waals surface area contributed by atoms with E-state index in [-0.39, 0.29) is 0 Å². The van der Waals surface area contributed by atoms with Crippen molar-refractivity contribution in [1.82, 2.24) is 5.32 Å². The topological polar surface area (TPSA) is 38.0 Å². The largest absolute Gasteiger partial charge is 0.330 e. The summed E-state index contributed by atoms with van der Waals surface area (Å²) < 4.78 is 0. The fourth-order valence-electron chi connectivity index (χ4n) is 2.40. The van der Waals surface area contributed by atoms with Gasteiger partial charge in [-0.3, -0.25) is 0 Å². The lowest BCUT2D eigenvalue weighted by Crippen LogP contribution is -2.13. The summed E-state index contributed by atoms with van der Waals surface area (Å²) in [6.07, 6.45) is 2.38. The molecule has 3 N–H and O–H groups in total. The first-order valence-corrected chi connectivity index (χ1v) is 6.29. The smallest absolute Gasteiger partial charge is 0.00206 e. The summed E-state index contributed by atoms with van der Waals surface area (Å²) in [5.74, 6) is 1.30. The van der Waals surface area contributed by atoms with Gasteiger partial charge in [0.1, 0.15) is 0 Å². The van der Waals surface area contributed by atoms with Gasteiger partial charge in [-0.1, -0.05) is 31.2 Å². The zero-order chi connectivity index (χ0) is 11.4. The Balaban J connectivity index is 2.06. The van der Waals surface area contributed by atoms with E-state index in [0.29, 0.717) is 11.8 Å². The van der Waals surface area contributed by atoms with Crippen molar-refractivity contribution in [1.29, 1.82) is 0 Å². The molecule has 0 saturated carbocycles. The highest BCUT2D eigenvalue weighted by Crippen LogP contribution is 2.23. The molecule has 1 aliphatic heterocycles. The Labute approximate surface area is 98.2 Å². The second-order valence-electron chi connectivity index (χ2n) is 4.98. The molecule has 1 aromatic rings. The number of hydrogen-bond acceptors (Lipinski definition) is 2. The van der Waals surface area contributed by atoms with Crippen molar-refractivity contribution >= 4 is 0 Å². The van der Waals surface area contributed by atoms with E-state index < -0.39 is 0 Å². The first kappa shape index (κ1) is 11.6. The van der Waals surface area contributed by atoms with Gasteiger partial charge in [0.15, 0.2) is 0 Å².